The smallest absolute Gasteiger partial charge is 0.325 e. The number of piperazine rings is 1. The zero-order valence-corrected chi connectivity index (χ0v) is 15.6. The number of nitrogens with zero attached hydrogens (tertiary/aromatic N) is 3. The fourth-order valence-corrected chi connectivity index (χ4v) is 3.52. The highest BCUT2D eigenvalue weighted by Crippen LogP contribution is 2.29. The largest absolute Gasteiger partial charge is 0.496 e. The number of carboxylic acid groups (broad SMARTS) is 1. The Hall–Kier alpha value is -2.87. The van der Waals surface area contributed by atoms with E-state index in [0.717, 1.165) is 0 Å². The van der Waals surface area contributed by atoms with Crippen LogP contribution in [0.15, 0.2) is 28.8 Å². The molecule has 0 bridgehead atoms. The predicted molar refractivity (Wildman–Crippen MR) is 96.8 cm³/mol. The van der Waals surface area contributed by atoms with Crippen LogP contribution >= 0.6 is 0 Å². The number of amides is 1. The Morgan fingerprint density at radius 1 is 1.19 bits per heavy atom. The summed E-state index contributed by atoms with van der Waals surface area (Å²) in [4.78, 5) is 28.3. The van der Waals surface area contributed by atoms with Crippen LogP contribution in [0.3, 0.4) is 0 Å². The number of hydrogen-bond acceptors (Lipinski definition) is 6. The second-order valence-corrected chi connectivity index (χ2v) is 6.51. The van der Waals surface area contributed by atoms with Gasteiger partial charge < -0.3 is 19.3 Å². The lowest BCUT2D eigenvalue weighted by atomic mass is 10.0. The van der Waals surface area contributed by atoms with Crippen molar-refractivity contribution in [3.8, 4) is 5.75 Å². The molecule has 1 fully saturated rings. The summed E-state index contributed by atoms with van der Waals surface area (Å²) in [5.41, 5.74) is 1.67. The molecule has 0 saturated carbocycles. The number of aromatic nitrogens is 1. The Kier molecular flexibility index (Phi) is 5.46. The van der Waals surface area contributed by atoms with E-state index < -0.39 is 12.0 Å². The van der Waals surface area contributed by atoms with Gasteiger partial charge in [-0.05, 0) is 26.0 Å². The molecule has 2 heterocycles. The van der Waals surface area contributed by atoms with E-state index in [2.05, 4.69) is 5.16 Å². The molecule has 0 spiro atoms. The van der Waals surface area contributed by atoms with Crippen LogP contribution in [0.1, 0.15) is 33.4 Å². The van der Waals surface area contributed by atoms with Crippen molar-refractivity contribution in [3.05, 3.63) is 46.8 Å². The molecule has 1 aliphatic heterocycles. The average Bonchev–Trinajstić information content (AvgIpc) is 3.00. The van der Waals surface area contributed by atoms with Crippen molar-refractivity contribution in [1.29, 1.82) is 0 Å². The number of carbonyl (C=O) groups excluding carboxylic acids is 1. The van der Waals surface area contributed by atoms with Crippen molar-refractivity contribution in [2.45, 2.75) is 19.9 Å². The van der Waals surface area contributed by atoms with Gasteiger partial charge in [-0.3, -0.25) is 14.5 Å². The lowest BCUT2D eigenvalue weighted by Crippen LogP contribution is -2.51. The summed E-state index contributed by atoms with van der Waals surface area (Å²) < 4.78 is 10.4. The fourth-order valence-electron chi connectivity index (χ4n) is 3.52. The lowest BCUT2D eigenvalue weighted by Gasteiger charge is -2.37. The Morgan fingerprint density at radius 2 is 1.85 bits per heavy atom. The molecule has 1 aromatic heterocycles. The molecule has 8 heteroatoms. The highest BCUT2D eigenvalue weighted by atomic mass is 16.5. The van der Waals surface area contributed by atoms with Crippen LogP contribution in [0.25, 0.3) is 0 Å². The van der Waals surface area contributed by atoms with Gasteiger partial charge in [0.15, 0.2) is 0 Å². The Labute approximate surface area is 157 Å². The first-order valence-corrected chi connectivity index (χ1v) is 8.76. The van der Waals surface area contributed by atoms with E-state index in [1.807, 2.05) is 11.0 Å². The van der Waals surface area contributed by atoms with E-state index in [9.17, 15) is 14.7 Å². The van der Waals surface area contributed by atoms with Gasteiger partial charge in [0.05, 0.1) is 18.4 Å². The Balaban J connectivity index is 1.74. The van der Waals surface area contributed by atoms with Gasteiger partial charge in [0.2, 0.25) is 0 Å². The van der Waals surface area contributed by atoms with Crippen LogP contribution in [0.2, 0.25) is 0 Å². The highest BCUT2D eigenvalue weighted by Gasteiger charge is 2.35. The summed E-state index contributed by atoms with van der Waals surface area (Å²) in [6.07, 6.45) is 0. The Morgan fingerprint density at radius 3 is 2.41 bits per heavy atom. The summed E-state index contributed by atoms with van der Waals surface area (Å²) in [5, 5.41) is 13.6. The van der Waals surface area contributed by atoms with Gasteiger partial charge in [-0.2, -0.15) is 0 Å². The summed E-state index contributed by atoms with van der Waals surface area (Å²) in [6, 6.07) is 6.26. The van der Waals surface area contributed by atoms with E-state index in [1.54, 1.807) is 36.9 Å². The number of para-hydroxylation sites is 1. The van der Waals surface area contributed by atoms with Crippen LogP contribution in [0.4, 0.5) is 0 Å². The minimum atomic E-state index is -0.950. The number of benzene rings is 1. The van der Waals surface area contributed by atoms with Crippen molar-refractivity contribution in [3.63, 3.8) is 0 Å². The molecule has 8 nitrogen and oxygen atoms in total. The third-order valence-electron chi connectivity index (χ3n) is 4.90. The first kappa shape index (κ1) is 18.9. The molecule has 27 heavy (non-hydrogen) atoms. The lowest BCUT2D eigenvalue weighted by molar-refractivity contribution is -0.144. The molecule has 1 amide bonds. The number of aryl methyl sites for hydroxylation is 2. The summed E-state index contributed by atoms with van der Waals surface area (Å²) >= 11 is 0. The van der Waals surface area contributed by atoms with Gasteiger partial charge >= 0.3 is 5.97 Å². The van der Waals surface area contributed by atoms with E-state index in [1.165, 1.54) is 7.11 Å². The minimum Gasteiger partial charge on any atom is -0.496 e. The number of ether oxygens (including phenoxy) is 1. The molecule has 1 saturated heterocycles. The molecule has 144 valence electrons. The molecule has 1 aliphatic rings. The first-order valence-electron chi connectivity index (χ1n) is 8.76. The monoisotopic (exact) mass is 373 g/mol. The molecule has 1 atom stereocenters. The van der Waals surface area contributed by atoms with Crippen LogP contribution in [-0.2, 0) is 4.79 Å². The minimum absolute atomic E-state index is 0.115. The van der Waals surface area contributed by atoms with Crippen molar-refractivity contribution in [2.24, 2.45) is 0 Å². The van der Waals surface area contributed by atoms with Crippen molar-refractivity contribution >= 4 is 11.9 Å². The molecule has 0 aliphatic carbocycles. The van der Waals surface area contributed by atoms with Crippen LogP contribution < -0.4 is 4.74 Å². The van der Waals surface area contributed by atoms with Crippen molar-refractivity contribution < 1.29 is 24.0 Å². The zero-order chi connectivity index (χ0) is 19.6. The first-order chi connectivity index (χ1) is 12.9. The molecule has 0 radical (unpaired) electrons. The van der Waals surface area contributed by atoms with Gasteiger partial charge in [-0.1, -0.05) is 17.3 Å². The van der Waals surface area contributed by atoms with Crippen molar-refractivity contribution in [1.82, 2.24) is 15.0 Å². The van der Waals surface area contributed by atoms with Gasteiger partial charge in [-0.15, -0.1) is 0 Å². The number of carbonyl (C=O) groups is 2. The van der Waals surface area contributed by atoms with E-state index in [0.29, 0.717) is 54.5 Å². The second kappa shape index (κ2) is 7.79. The van der Waals surface area contributed by atoms with Crippen LogP contribution in [0.5, 0.6) is 5.75 Å². The number of rotatable bonds is 5. The molecule has 2 aromatic rings. The Bertz CT molecular complexity index is 820. The zero-order valence-electron chi connectivity index (χ0n) is 15.6. The van der Waals surface area contributed by atoms with Gasteiger partial charge in [0.1, 0.15) is 17.6 Å². The third-order valence-corrected chi connectivity index (χ3v) is 4.90. The maximum atomic E-state index is 12.8. The maximum absolute atomic E-state index is 12.8. The molecular weight excluding hydrogens is 350 g/mol. The quantitative estimate of drug-likeness (QED) is 0.855. The predicted octanol–water partition coefficient (Wildman–Crippen LogP) is 1.88. The number of aliphatic carboxylic acids is 1. The second-order valence-electron chi connectivity index (χ2n) is 6.51. The number of carboxylic acids is 1. The van der Waals surface area contributed by atoms with E-state index in [-0.39, 0.29) is 5.91 Å². The molecule has 1 N–H and O–H groups in total. The average molecular weight is 373 g/mol. The highest BCUT2D eigenvalue weighted by molar-refractivity contribution is 5.97. The molecular formula is C19H23N3O5. The molecule has 3 rings (SSSR count). The summed E-state index contributed by atoms with van der Waals surface area (Å²) in [6.45, 7) is 5.22. The van der Waals surface area contributed by atoms with Crippen LogP contribution in [0, 0.1) is 13.8 Å². The number of hydrogen-bond donors (Lipinski definition) is 1. The van der Waals surface area contributed by atoms with Crippen LogP contribution in [-0.4, -0.2) is 65.2 Å². The van der Waals surface area contributed by atoms with Gasteiger partial charge in [0, 0.05) is 31.7 Å². The fraction of sp³-hybridized carbons (Fsp3) is 0.421. The van der Waals surface area contributed by atoms with E-state index >= 15 is 0 Å². The standard InChI is InChI=1S/C19H23N3O5/c1-12-16(13(2)27-20-12)17(19(24)25)21-8-10-22(11-9-21)18(23)14-6-4-5-7-15(14)26-3/h4-7,17H,8-11H2,1-3H3,(H,24,25)/t17-/m0/s1. The van der Waals surface area contributed by atoms with Gasteiger partial charge in [-0.25, -0.2) is 0 Å². The third kappa shape index (κ3) is 3.66. The number of methoxy groups -OCH3 is 1. The van der Waals surface area contributed by atoms with E-state index in [4.69, 9.17) is 9.26 Å². The molecule has 0 unspecified atom stereocenters. The van der Waals surface area contributed by atoms with Gasteiger partial charge in [0.25, 0.3) is 5.91 Å². The summed E-state index contributed by atoms with van der Waals surface area (Å²) in [5.74, 6) is -0.0262. The SMILES string of the molecule is COc1ccccc1C(=O)N1CCN([C@H](C(=O)O)c2c(C)noc2C)CC1. The van der Waals surface area contributed by atoms with Crippen molar-refractivity contribution in [2.75, 3.05) is 33.3 Å². The summed E-state index contributed by atoms with van der Waals surface area (Å²) in [7, 11) is 1.53. The normalized spacial score (nSPS) is 16.2. The topological polar surface area (TPSA) is 96.1 Å². The maximum Gasteiger partial charge on any atom is 0.325 e. The molecule has 1 aromatic carbocycles.